The van der Waals surface area contributed by atoms with Crippen LogP contribution in [0.4, 0.5) is 11.4 Å². The molecule has 30 heavy (non-hydrogen) atoms. The Morgan fingerprint density at radius 2 is 1.77 bits per heavy atom. The second-order valence-corrected chi connectivity index (χ2v) is 6.16. The number of hydrogen-bond acceptors (Lipinski definition) is 7. The monoisotopic (exact) mass is 412 g/mol. The number of ketones is 1. The summed E-state index contributed by atoms with van der Waals surface area (Å²) < 4.78 is 10.5. The Morgan fingerprint density at radius 3 is 2.37 bits per heavy atom. The van der Waals surface area contributed by atoms with Crippen molar-refractivity contribution in [3.8, 4) is 5.75 Å². The number of hydrogen-bond donors (Lipinski definition) is 1. The Balaban J connectivity index is 1.93. The number of nitro benzene ring substituents is 1. The number of carbonyl (C=O) groups is 3. The molecule has 0 aliphatic rings. The van der Waals surface area contributed by atoms with Gasteiger partial charge in [0, 0.05) is 24.7 Å². The maximum atomic E-state index is 12.2. The van der Waals surface area contributed by atoms with E-state index in [-0.39, 0.29) is 30.4 Å². The van der Waals surface area contributed by atoms with Crippen molar-refractivity contribution >= 4 is 35.1 Å². The van der Waals surface area contributed by atoms with Gasteiger partial charge in [-0.3, -0.25) is 19.7 Å². The zero-order valence-corrected chi connectivity index (χ0v) is 16.4. The lowest BCUT2D eigenvalue weighted by molar-refractivity contribution is -0.384. The summed E-state index contributed by atoms with van der Waals surface area (Å²) in [6.45, 7) is 2.55. The van der Waals surface area contributed by atoms with Crippen molar-refractivity contribution in [3.63, 3.8) is 0 Å². The van der Waals surface area contributed by atoms with Crippen LogP contribution in [0.5, 0.6) is 5.75 Å². The molecule has 9 nitrogen and oxygen atoms in total. The van der Waals surface area contributed by atoms with Crippen LogP contribution in [0.15, 0.2) is 54.1 Å². The first kappa shape index (κ1) is 22.3. The molecule has 0 atom stereocenters. The average Bonchev–Trinajstić information content (AvgIpc) is 2.70. The lowest BCUT2D eigenvalue weighted by Gasteiger charge is -2.09. The van der Waals surface area contributed by atoms with Crippen molar-refractivity contribution in [3.05, 3.63) is 69.8 Å². The normalized spacial score (nSPS) is 10.8. The Morgan fingerprint density at radius 1 is 1.07 bits per heavy atom. The number of rotatable bonds is 9. The standard InChI is InChI=1S/C21H20N2O7/c1-14(24)20(13-16-4-3-5-18(12-16)23(27)28)21(26)30-11-10-29-19-8-6-17(7-9-19)22-15(2)25/h3-9,12-13H,10-11H2,1-2H3,(H,22,25). The number of ether oxygens (including phenoxy) is 2. The zero-order chi connectivity index (χ0) is 22.1. The van der Waals surface area contributed by atoms with E-state index in [0.29, 0.717) is 17.0 Å². The molecule has 0 aliphatic carbocycles. The third kappa shape index (κ3) is 6.86. The van der Waals surface area contributed by atoms with E-state index in [4.69, 9.17) is 9.47 Å². The second-order valence-electron chi connectivity index (χ2n) is 6.16. The minimum absolute atomic E-state index is 0.0488. The SMILES string of the molecule is CC(=O)Nc1ccc(OCCOC(=O)C(=Cc2cccc([N+](=O)[O-])c2)C(C)=O)cc1. The Hall–Kier alpha value is -4.01. The van der Waals surface area contributed by atoms with Crippen LogP contribution in [0, 0.1) is 10.1 Å². The summed E-state index contributed by atoms with van der Waals surface area (Å²) in [6.07, 6.45) is 1.25. The first-order valence-corrected chi connectivity index (χ1v) is 8.91. The molecule has 2 rings (SSSR count). The molecule has 0 radical (unpaired) electrons. The van der Waals surface area contributed by atoms with Gasteiger partial charge >= 0.3 is 5.97 Å². The van der Waals surface area contributed by atoms with Gasteiger partial charge in [-0.1, -0.05) is 12.1 Å². The number of nitrogens with one attached hydrogen (secondary N) is 1. The van der Waals surface area contributed by atoms with Crippen LogP contribution < -0.4 is 10.1 Å². The van der Waals surface area contributed by atoms with Crippen LogP contribution in [0.1, 0.15) is 19.4 Å². The number of nitro groups is 1. The molecule has 0 fully saturated rings. The molecule has 2 aromatic carbocycles. The highest BCUT2D eigenvalue weighted by Crippen LogP contribution is 2.17. The van der Waals surface area contributed by atoms with E-state index in [1.54, 1.807) is 24.3 Å². The predicted molar refractivity (Wildman–Crippen MR) is 109 cm³/mol. The summed E-state index contributed by atoms with van der Waals surface area (Å²) in [5, 5.41) is 13.5. The van der Waals surface area contributed by atoms with Gasteiger partial charge in [-0.15, -0.1) is 0 Å². The van der Waals surface area contributed by atoms with Crippen molar-refractivity contribution in [1.82, 2.24) is 0 Å². The van der Waals surface area contributed by atoms with Gasteiger partial charge in [0.1, 0.15) is 24.5 Å². The fourth-order valence-electron chi connectivity index (χ4n) is 2.41. The number of benzene rings is 2. The maximum Gasteiger partial charge on any atom is 0.341 e. The fourth-order valence-corrected chi connectivity index (χ4v) is 2.41. The van der Waals surface area contributed by atoms with E-state index >= 15 is 0 Å². The summed E-state index contributed by atoms with van der Waals surface area (Å²) in [6, 6.07) is 12.2. The first-order chi connectivity index (χ1) is 14.3. The molecule has 2 aromatic rings. The molecular weight excluding hydrogens is 392 g/mol. The lowest BCUT2D eigenvalue weighted by atomic mass is 10.1. The fraction of sp³-hybridized carbons (Fsp3) is 0.190. The minimum atomic E-state index is -0.849. The van der Waals surface area contributed by atoms with Crippen LogP contribution in [0.25, 0.3) is 6.08 Å². The summed E-state index contributed by atoms with van der Waals surface area (Å²) in [5.41, 5.74) is 0.577. The molecule has 1 N–H and O–H groups in total. The van der Waals surface area contributed by atoms with Crippen molar-refractivity contribution in [2.24, 2.45) is 0 Å². The van der Waals surface area contributed by atoms with Gasteiger partial charge in [0.25, 0.3) is 5.69 Å². The molecule has 0 saturated carbocycles. The maximum absolute atomic E-state index is 12.2. The Labute approximate surface area is 172 Å². The molecule has 0 heterocycles. The zero-order valence-electron chi connectivity index (χ0n) is 16.4. The highest BCUT2D eigenvalue weighted by atomic mass is 16.6. The number of anilines is 1. The van der Waals surface area contributed by atoms with Crippen LogP contribution in [-0.4, -0.2) is 35.8 Å². The number of non-ortho nitro benzene ring substituents is 1. The quantitative estimate of drug-likeness (QED) is 0.128. The van der Waals surface area contributed by atoms with E-state index in [9.17, 15) is 24.5 Å². The lowest BCUT2D eigenvalue weighted by Crippen LogP contribution is -2.17. The molecule has 156 valence electrons. The number of esters is 1. The Bertz CT molecular complexity index is 981. The molecule has 0 bridgehead atoms. The average molecular weight is 412 g/mol. The van der Waals surface area contributed by atoms with Gasteiger partial charge in [0.2, 0.25) is 5.91 Å². The number of Topliss-reactive ketones (excluding diaryl/α,β-unsaturated/α-hetero) is 1. The number of carbonyl (C=O) groups excluding carboxylic acids is 3. The summed E-state index contributed by atoms with van der Waals surface area (Å²) >= 11 is 0. The van der Waals surface area contributed by atoms with Gasteiger partial charge < -0.3 is 14.8 Å². The minimum Gasteiger partial charge on any atom is -0.490 e. The first-order valence-electron chi connectivity index (χ1n) is 8.91. The molecule has 0 aromatic heterocycles. The van der Waals surface area contributed by atoms with Gasteiger partial charge in [-0.25, -0.2) is 4.79 Å². The van der Waals surface area contributed by atoms with Crippen molar-refractivity contribution in [2.75, 3.05) is 18.5 Å². The van der Waals surface area contributed by atoms with E-state index in [2.05, 4.69) is 5.32 Å². The van der Waals surface area contributed by atoms with Crippen molar-refractivity contribution in [2.45, 2.75) is 13.8 Å². The number of nitrogens with zero attached hydrogens (tertiary/aromatic N) is 1. The molecule has 9 heteroatoms. The largest absolute Gasteiger partial charge is 0.490 e. The summed E-state index contributed by atoms with van der Waals surface area (Å²) in [5.74, 6) is -1.05. The third-order valence-corrected chi connectivity index (χ3v) is 3.75. The van der Waals surface area contributed by atoms with Crippen LogP contribution >= 0.6 is 0 Å². The topological polar surface area (TPSA) is 125 Å². The van der Waals surface area contributed by atoms with Crippen molar-refractivity contribution in [1.29, 1.82) is 0 Å². The van der Waals surface area contributed by atoms with Crippen LogP contribution in [-0.2, 0) is 19.1 Å². The van der Waals surface area contributed by atoms with Gasteiger partial charge in [0.05, 0.1) is 4.92 Å². The van der Waals surface area contributed by atoms with Crippen LogP contribution in [0.3, 0.4) is 0 Å². The molecule has 0 saturated heterocycles. The molecule has 0 unspecified atom stereocenters. The van der Waals surface area contributed by atoms with Gasteiger partial charge in [-0.05, 0) is 42.8 Å². The molecule has 0 aliphatic heterocycles. The highest BCUT2D eigenvalue weighted by molar-refractivity contribution is 6.19. The third-order valence-electron chi connectivity index (χ3n) is 3.75. The Kier molecular flexibility index (Phi) is 7.81. The smallest absolute Gasteiger partial charge is 0.341 e. The summed E-state index contributed by atoms with van der Waals surface area (Å²) in [4.78, 5) is 45.3. The van der Waals surface area contributed by atoms with Gasteiger partial charge in [0.15, 0.2) is 5.78 Å². The molecule has 1 amide bonds. The molecule has 0 spiro atoms. The van der Waals surface area contributed by atoms with Gasteiger partial charge in [-0.2, -0.15) is 0 Å². The predicted octanol–water partition coefficient (Wildman–Crippen LogP) is 3.15. The van der Waals surface area contributed by atoms with E-state index in [1.807, 2.05) is 0 Å². The number of amides is 1. The molecular formula is C21H20N2O7. The summed E-state index contributed by atoms with van der Waals surface area (Å²) in [7, 11) is 0. The van der Waals surface area contributed by atoms with Crippen LogP contribution in [0.2, 0.25) is 0 Å². The highest BCUT2D eigenvalue weighted by Gasteiger charge is 2.17. The van der Waals surface area contributed by atoms with E-state index < -0.39 is 16.7 Å². The van der Waals surface area contributed by atoms with E-state index in [0.717, 1.165) is 0 Å². The van der Waals surface area contributed by atoms with Crippen molar-refractivity contribution < 1.29 is 28.8 Å². The van der Waals surface area contributed by atoms with E-state index in [1.165, 1.54) is 44.2 Å². The second kappa shape index (κ2) is 10.5.